The molecule has 2 aliphatic heterocycles. The standard InChI is InChI=1S/C36H35F7N4O6/c37-26-9-4-8-25(35(38,39)40)24(26)19-46-28-21-52-34(13-16-45(17-14-34)18-23-11-12-29(53-23)36(41,42)43)31(28)32(50)47(33(46)51)20-27(22-6-2-1-3-7-22)44-15-5-10-30(48)49/h1-4,6-9,11-12,27,44H,5,10,13-21H2,(H,48,49)/t27-/m0/s1. The number of fused-ring (bicyclic) bond motifs is 2. The Balaban J connectivity index is 1.40. The Hall–Kier alpha value is -4.74. The van der Waals surface area contributed by atoms with Crippen molar-refractivity contribution in [2.45, 2.75) is 75.9 Å². The van der Waals surface area contributed by atoms with Crippen molar-refractivity contribution in [3.63, 3.8) is 0 Å². The molecule has 2 aromatic heterocycles. The highest BCUT2D eigenvalue weighted by Gasteiger charge is 2.47. The number of nitrogens with one attached hydrogen (secondary N) is 1. The number of ether oxygens (including phenoxy) is 1. The first-order valence-electron chi connectivity index (χ1n) is 16.8. The lowest BCUT2D eigenvalue weighted by atomic mass is 9.85. The minimum atomic E-state index is -4.96. The lowest BCUT2D eigenvalue weighted by Gasteiger charge is -2.38. The van der Waals surface area contributed by atoms with Crippen LogP contribution in [-0.2, 0) is 53.7 Å². The molecule has 4 aromatic rings. The number of benzene rings is 2. The summed E-state index contributed by atoms with van der Waals surface area (Å²) in [5, 5.41) is 12.3. The second kappa shape index (κ2) is 14.9. The van der Waals surface area contributed by atoms with Crippen molar-refractivity contribution in [3.05, 3.63) is 127 Å². The monoisotopic (exact) mass is 752 g/mol. The maximum Gasteiger partial charge on any atom is 0.449 e. The number of carboxylic acid groups (broad SMARTS) is 1. The number of carbonyl (C=O) groups is 1. The highest BCUT2D eigenvalue weighted by Crippen LogP contribution is 2.43. The molecule has 1 atom stereocenters. The molecule has 2 aromatic carbocycles. The van der Waals surface area contributed by atoms with Crippen LogP contribution in [0.5, 0.6) is 0 Å². The van der Waals surface area contributed by atoms with Gasteiger partial charge >= 0.3 is 24.0 Å². The third-order valence-electron chi connectivity index (χ3n) is 9.73. The van der Waals surface area contributed by atoms with E-state index in [4.69, 9.17) is 14.3 Å². The molecule has 1 saturated heterocycles. The molecule has 6 rings (SSSR count). The number of furan rings is 1. The molecule has 10 nitrogen and oxygen atoms in total. The molecule has 284 valence electrons. The van der Waals surface area contributed by atoms with Gasteiger partial charge in [0.1, 0.15) is 17.2 Å². The Morgan fingerprint density at radius 2 is 1.62 bits per heavy atom. The molecular formula is C36H35F7N4O6. The van der Waals surface area contributed by atoms with E-state index in [1.165, 1.54) is 6.07 Å². The maximum atomic E-state index is 15.2. The maximum absolute atomic E-state index is 15.2. The van der Waals surface area contributed by atoms with Gasteiger partial charge in [-0.2, -0.15) is 26.3 Å². The van der Waals surface area contributed by atoms with Gasteiger partial charge in [-0.3, -0.25) is 23.6 Å². The molecule has 1 spiro atoms. The van der Waals surface area contributed by atoms with E-state index >= 15 is 4.39 Å². The van der Waals surface area contributed by atoms with Crippen molar-refractivity contribution in [2.75, 3.05) is 19.6 Å². The van der Waals surface area contributed by atoms with E-state index in [9.17, 15) is 40.7 Å². The quantitative estimate of drug-likeness (QED) is 0.133. The summed E-state index contributed by atoms with van der Waals surface area (Å²) >= 11 is 0. The summed E-state index contributed by atoms with van der Waals surface area (Å²) in [6, 6.07) is 12.5. The van der Waals surface area contributed by atoms with Crippen LogP contribution < -0.4 is 16.6 Å². The van der Waals surface area contributed by atoms with Crippen LogP contribution in [0.1, 0.15) is 71.2 Å². The van der Waals surface area contributed by atoms with E-state index in [1.807, 2.05) is 4.90 Å². The first kappa shape index (κ1) is 38.0. The topological polar surface area (TPSA) is 119 Å². The van der Waals surface area contributed by atoms with Gasteiger partial charge in [-0.25, -0.2) is 9.18 Å². The van der Waals surface area contributed by atoms with Gasteiger partial charge in [0.05, 0.1) is 49.1 Å². The number of rotatable bonds is 12. The van der Waals surface area contributed by atoms with Crippen molar-refractivity contribution in [1.29, 1.82) is 0 Å². The summed E-state index contributed by atoms with van der Waals surface area (Å²) in [6.45, 7) is -0.842. The van der Waals surface area contributed by atoms with Gasteiger partial charge in [-0.15, -0.1) is 0 Å². The molecular weight excluding hydrogens is 717 g/mol. The summed E-state index contributed by atoms with van der Waals surface area (Å²) in [7, 11) is 0. The molecule has 4 heterocycles. The third-order valence-corrected chi connectivity index (χ3v) is 9.73. The number of alkyl halides is 6. The second-order valence-electron chi connectivity index (χ2n) is 13.1. The number of carboxylic acids is 1. The Labute approximate surface area is 297 Å². The van der Waals surface area contributed by atoms with E-state index < -0.39 is 70.5 Å². The van der Waals surface area contributed by atoms with Gasteiger partial charge in [0, 0.05) is 25.1 Å². The second-order valence-corrected chi connectivity index (χ2v) is 13.1. The average molecular weight is 753 g/mol. The molecule has 17 heteroatoms. The predicted molar refractivity (Wildman–Crippen MR) is 174 cm³/mol. The highest BCUT2D eigenvalue weighted by atomic mass is 19.4. The molecule has 0 aliphatic carbocycles. The van der Waals surface area contributed by atoms with Crippen LogP contribution in [0.2, 0.25) is 0 Å². The molecule has 53 heavy (non-hydrogen) atoms. The predicted octanol–water partition coefficient (Wildman–Crippen LogP) is 6.05. The Kier molecular flexibility index (Phi) is 10.7. The Morgan fingerprint density at radius 3 is 2.26 bits per heavy atom. The average Bonchev–Trinajstić information content (AvgIpc) is 3.73. The minimum Gasteiger partial charge on any atom is -0.481 e. The fraction of sp³-hybridized carbons (Fsp3) is 0.417. The highest BCUT2D eigenvalue weighted by molar-refractivity contribution is 5.66. The zero-order valence-electron chi connectivity index (χ0n) is 28.1. The van der Waals surface area contributed by atoms with Gasteiger partial charge in [0.25, 0.3) is 5.56 Å². The van der Waals surface area contributed by atoms with Crippen LogP contribution in [0.4, 0.5) is 30.7 Å². The zero-order valence-corrected chi connectivity index (χ0v) is 28.1. The van der Waals surface area contributed by atoms with E-state index in [1.54, 1.807) is 30.3 Å². The zero-order chi connectivity index (χ0) is 38.1. The largest absolute Gasteiger partial charge is 0.481 e. The van der Waals surface area contributed by atoms with Crippen molar-refractivity contribution in [1.82, 2.24) is 19.4 Å². The summed E-state index contributed by atoms with van der Waals surface area (Å²) < 4.78 is 110. The van der Waals surface area contributed by atoms with Crippen molar-refractivity contribution in [2.24, 2.45) is 0 Å². The normalized spacial score (nSPS) is 16.6. The number of aliphatic carboxylic acids is 1. The summed E-state index contributed by atoms with van der Waals surface area (Å²) in [5.74, 6) is -3.28. The van der Waals surface area contributed by atoms with Gasteiger partial charge in [-0.1, -0.05) is 36.4 Å². The molecule has 0 radical (unpaired) electrons. The Bertz CT molecular complexity index is 2070. The van der Waals surface area contributed by atoms with Gasteiger partial charge in [-0.05, 0) is 55.6 Å². The lowest BCUT2D eigenvalue weighted by Crippen LogP contribution is -2.50. The van der Waals surface area contributed by atoms with Crippen molar-refractivity contribution in [3.8, 4) is 0 Å². The lowest BCUT2D eigenvalue weighted by molar-refractivity contribution is -0.153. The number of halogens is 7. The number of hydrogen-bond donors (Lipinski definition) is 2. The van der Waals surface area contributed by atoms with Crippen LogP contribution in [0, 0.1) is 5.82 Å². The molecule has 0 bridgehead atoms. The minimum absolute atomic E-state index is 0.00705. The fourth-order valence-electron chi connectivity index (χ4n) is 7.07. The number of aromatic nitrogens is 2. The SMILES string of the molecule is O=C(O)CCCN[C@@H](Cn1c(=O)c2c(n(Cc3c(F)cccc3C(F)(F)F)c1=O)COC21CCN(Cc2ccc(C(F)(F)F)o2)CC1)c1ccccc1. The van der Waals surface area contributed by atoms with Gasteiger partial charge in [0.15, 0.2) is 0 Å². The van der Waals surface area contributed by atoms with Gasteiger partial charge < -0.3 is 19.6 Å². The molecule has 0 amide bonds. The first-order valence-corrected chi connectivity index (χ1v) is 16.8. The smallest absolute Gasteiger partial charge is 0.449 e. The van der Waals surface area contributed by atoms with E-state index in [-0.39, 0.29) is 82.0 Å². The van der Waals surface area contributed by atoms with E-state index in [0.29, 0.717) is 11.6 Å². The number of likely N-dealkylation sites (tertiary alicyclic amines) is 1. The Morgan fingerprint density at radius 1 is 0.906 bits per heavy atom. The van der Waals surface area contributed by atoms with Crippen LogP contribution in [0.3, 0.4) is 0 Å². The van der Waals surface area contributed by atoms with E-state index in [0.717, 1.165) is 27.3 Å². The fourth-order valence-corrected chi connectivity index (χ4v) is 7.07. The van der Waals surface area contributed by atoms with Crippen LogP contribution >= 0.6 is 0 Å². The summed E-state index contributed by atoms with van der Waals surface area (Å²) in [4.78, 5) is 41.7. The van der Waals surface area contributed by atoms with Crippen molar-refractivity contribution < 1.29 is 49.8 Å². The van der Waals surface area contributed by atoms with Crippen LogP contribution in [0.25, 0.3) is 0 Å². The molecule has 0 unspecified atom stereocenters. The number of nitrogens with zero attached hydrogens (tertiary/aromatic N) is 3. The first-order chi connectivity index (χ1) is 25.1. The molecule has 1 fully saturated rings. The van der Waals surface area contributed by atoms with Crippen molar-refractivity contribution >= 4 is 5.97 Å². The van der Waals surface area contributed by atoms with E-state index in [2.05, 4.69) is 5.32 Å². The third kappa shape index (κ3) is 8.11. The summed E-state index contributed by atoms with van der Waals surface area (Å²) in [5.41, 5.74) is -4.44. The van der Waals surface area contributed by atoms with Crippen LogP contribution in [-0.4, -0.2) is 44.7 Å². The molecule has 0 saturated carbocycles. The van der Waals surface area contributed by atoms with Crippen LogP contribution in [0.15, 0.2) is 74.7 Å². The number of hydrogen-bond acceptors (Lipinski definition) is 7. The molecule has 2 N–H and O–H groups in total. The number of piperidine rings is 1. The molecule has 2 aliphatic rings. The van der Waals surface area contributed by atoms with Gasteiger partial charge in [0.2, 0.25) is 5.76 Å². The summed E-state index contributed by atoms with van der Waals surface area (Å²) in [6.07, 6.45) is -9.26.